The molecule has 0 aromatic carbocycles. The minimum atomic E-state index is 0.654. The predicted octanol–water partition coefficient (Wildman–Crippen LogP) is 0.928. The molecule has 2 aromatic heterocycles. The van der Waals surface area contributed by atoms with Crippen molar-refractivity contribution in [1.82, 2.24) is 20.6 Å². The van der Waals surface area contributed by atoms with Crippen molar-refractivity contribution < 1.29 is 0 Å². The summed E-state index contributed by atoms with van der Waals surface area (Å²) >= 11 is 1.62. The van der Waals surface area contributed by atoms with E-state index in [0.717, 1.165) is 5.56 Å². The smallest absolute Gasteiger partial charge is 0.177 e. The van der Waals surface area contributed by atoms with Crippen LogP contribution >= 0.6 is 11.3 Å². The number of H-pyrrole nitrogens is 1. The third-order valence-electron chi connectivity index (χ3n) is 1.12. The van der Waals surface area contributed by atoms with Gasteiger partial charge in [-0.2, -0.15) is 16.6 Å². The first kappa shape index (κ1) is 5.55. The minimum absolute atomic E-state index is 0.654. The van der Waals surface area contributed by atoms with E-state index in [0.29, 0.717) is 5.82 Å². The zero-order chi connectivity index (χ0) is 6.81. The highest BCUT2D eigenvalue weighted by atomic mass is 32.1. The molecule has 2 aromatic rings. The van der Waals surface area contributed by atoms with Crippen LogP contribution < -0.4 is 0 Å². The minimum Gasteiger partial charge on any atom is -0.177 e. The van der Waals surface area contributed by atoms with Crippen LogP contribution in [-0.4, -0.2) is 20.6 Å². The van der Waals surface area contributed by atoms with E-state index >= 15 is 0 Å². The van der Waals surface area contributed by atoms with E-state index in [1.165, 1.54) is 0 Å². The van der Waals surface area contributed by atoms with E-state index in [2.05, 4.69) is 20.6 Å². The summed E-state index contributed by atoms with van der Waals surface area (Å²) in [6, 6.07) is 1.95. The summed E-state index contributed by atoms with van der Waals surface area (Å²) in [5.41, 5.74) is 1.01. The molecule has 0 fully saturated rings. The number of tetrazole rings is 1. The summed E-state index contributed by atoms with van der Waals surface area (Å²) < 4.78 is 0. The lowest BCUT2D eigenvalue weighted by atomic mass is 10.3. The van der Waals surface area contributed by atoms with Gasteiger partial charge in [0.25, 0.3) is 0 Å². The zero-order valence-corrected chi connectivity index (χ0v) is 5.80. The molecule has 50 valence electrons. The van der Waals surface area contributed by atoms with Crippen molar-refractivity contribution in [2.45, 2.75) is 0 Å². The van der Waals surface area contributed by atoms with Crippen LogP contribution in [0.25, 0.3) is 11.4 Å². The zero-order valence-electron chi connectivity index (χ0n) is 4.98. The van der Waals surface area contributed by atoms with Gasteiger partial charge in [-0.25, -0.2) is 0 Å². The van der Waals surface area contributed by atoms with E-state index in [9.17, 15) is 0 Å². The van der Waals surface area contributed by atoms with Gasteiger partial charge in [0, 0.05) is 10.9 Å². The monoisotopic (exact) mass is 152 g/mol. The summed E-state index contributed by atoms with van der Waals surface area (Å²) in [5, 5.41) is 17.4. The van der Waals surface area contributed by atoms with Gasteiger partial charge >= 0.3 is 0 Å². The largest absolute Gasteiger partial charge is 0.205 e. The van der Waals surface area contributed by atoms with Crippen LogP contribution in [0.3, 0.4) is 0 Å². The van der Waals surface area contributed by atoms with Gasteiger partial charge in [-0.3, -0.25) is 0 Å². The van der Waals surface area contributed by atoms with Gasteiger partial charge in [0.15, 0.2) is 0 Å². The normalized spacial score (nSPS) is 10.0. The summed E-state index contributed by atoms with van der Waals surface area (Å²) in [7, 11) is 0. The molecule has 10 heavy (non-hydrogen) atoms. The molecule has 0 unspecified atom stereocenters. The lowest BCUT2D eigenvalue weighted by molar-refractivity contribution is 0.881. The standard InChI is InChI=1S/C5H4N4S/c1-2-10-3-4(1)5-6-8-9-7-5/h1-3H,(H,6,7,8,9). The highest BCUT2D eigenvalue weighted by Crippen LogP contribution is 2.15. The molecular formula is C5H4N4S. The molecule has 0 radical (unpaired) electrons. The van der Waals surface area contributed by atoms with Crippen molar-refractivity contribution in [1.29, 1.82) is 0 Å². The second-order valence-corrected chi connectivity index (χ2v) is 2.53. The summed E-state index contributed by atoms with van der Waals surface area (Å²) in [6.45, 7) is 0. The fourth-order valence-corrected chi connectivity index (χ4v) is 1.31. The second-order valence-electron chi connectivity index (χ2n) is 1.75. The summed E-state index contributed by atoms with van der Waals surface area (Å²) in [4.78, 5) is 0. The molecule has 0 saturated carbocycles. The first-order chi connectivity index (χ1) is 4.97. The maximum Gasteiger partial charge on any atom is 0.205 e. The van der Waals surface area contributed by atoms with Crippen LogP contribution in [0.2, 0.25) is 0 Å². The van der Waals surface area contributed by atoms with Crippen molar-refractivity contribution in [3.63, 3.8) is 0 Å². The number of hydrogen-bond donors (Lipinski definition) is 1. The highest BCUT2D eigenvalue weighted by Gasteiger charge is 2.00. The Balaban J connectivity index is 2.48. The first-order valence-corrected chi connectivity index (χ1v) is 3.67. The van der Waals surface area contributed by atoms with E-state index < -0.39 is 0 Å². The predicted molar refractivity (Wildman–Crippen MR) is 37.5 cm³/mol. The number of rotatable bonds is 1. The Morgan fingerprint density at radius 2 is 2.50 bits per heavy atom. The average Bonchev–Trinajstić information content (AvgIpc) is 2.59. The van der Waals surface area contributed by atoms with E-state index in [4.69, 9.17) is 0 Å². The van der Waals surface area contributed by atoms with E-state index in [-0.39, 0.29) is 0 Å². The van der Waals surface area contributed by atoms with Crippen molar-refractivity contribution in [2.75, 3.05) is 0 Å². The molecule has 0 saturated heterocycles. The molecular weight excluding hydrogens is 148 g/mol. The number of aromatic amines is 1. The lowest BCUT2D eigenvalue weighted by Crippen LogP contribution is -1.74. The Hall–Kier alpha value is -1.23. The highest BCUT2D eigenvalue weighted by molar-refractivity contribution is 7.08. The molecule has 0 aliphatic rings. The van der Waals surface area contributed by atoms with Gasteiger partial charge < -0.3 is 0 Å². The SMILES string of the molecule is c1cc(-c2nn[nH]n2)cs1. The average molecular weight is 152 g/mol. The van der Waals surface area contributed by atoms with Crippen molar-refractivity contribution in [3.8, 4) is 11.4 Å². The molecule has 2 rings (SSSR count). The van der Waals surface area contributed by atoms with Crippen molar-refractivity contribution >= 4 is 11.3 Å². The summed E-state index contributed by atoms with van der Waals surface area (Å²) in [6.07, 6.45) is 0. The molecule has 0 aliphatic heterocycles. The fraction of sp³-hybridized carbons (Fsp3) is 0. The van der Waals surface area contributed by atoms with Gasteiger partial charge in [0.05, 0.1) is 0 Å². The van der Waals surface area contributed by atoms with Crippen LogP contribution in [0.1, 0.15) is 0 Å². The molecule has 0 spiro atoms. The third kappa shape index (κ3) is 0.801. The molecule has 2 heterocycles. The number of nitrogens with zero attached hydrogens (tertiary/aromatic N) is 3. The Morgan fingerprint density at radius 3 is 3.10 bits per heavy atom. The number of hydrogen-bond acceptors (Lipinski definition) is 4. The maximum atomic E-state index is 3.82. The van der Waals surface area contributed by atoms with Crippen LogP contribution in [0.4, 0.5) is 0 Å². The Morgan fingerprint density at radius 1 is 1.50 bits per heavy atom. The molecule has 0 bridgehead atoms. The number of thiophene rings is 1. The molecule has 0 amide bonds. The Kier molecular flexibility index (Phi) is 1.21. The van der Waals surface area contributed by atoms with Crippen molar-refractivity contribution in [2.24, 2.45) is 0 Å². The number of nitrogens with one attached hydrogen (secondary N) is 1. The van der Waals surface area contributed by atoms with E-state index in [1.807, 2.05) is 16.8 Å². The number of aromatic nitrogens is 4. The topological polar surface area (TPSA) is 54.5 Å². The van der Waals surface area contributed by atoms with Gasteiger partial charge in [-0.05, 0) is 16.7 Å². The molecule has 4 nitrogen and oxygen atoms in total. The quantitative estimate of drug-likeness (QED) is 0.661. The Bertz CT molecular complexity index is 253. The second kappa shape index (κ2) is 2.18. The fourth-order valence-electron chi connectivity index (χ4n) is 0.676. The maximum absolute atomic E-state index is 3.82. The van der Waals surface area contributed by atoms with Crippen LogP contribution in [0.15, 0.2) is 16.8 Å². The van der Waals surface area contributed by atoms with Crippen LogP contribution in [-0.2, 0) is 0 Å². The van der Waals surface area contributed by atoms with Crippen molar-refractivity contribution in [3.05, 3.63) is 16.8 Å². The molecule has 1 N–H and O–H groups in total. The van der Waals surface area contributed by atoms with Gasteiger partial charge in [-0.15, -0.1) is 10.2 Å². The van der Waals surface area contributed by atoms with E-state index in [1.54, 1.807) is 11.3 Å². The third-order valence-corrected chi connectivity index (χ3v) is 1.81. The van der Waals surface area contributed by atoms with Gasteiger partial charge in [-0.1, -0.05) is 0 Å². The molecule has 5 heteroatoms. The van der Waals surface area contributed by atoms with Crippen LogP contribution in [0.5, 0.6) is 0 Å². The first-order valence-electron chi connectivity index (χ1n) is 2.73. The molecule has 0 aliphatic carbocycles. The van der Waals surface area contributed by atoms with Crippen LogP contribution in [0, 0.1) is 0 Å². The van der Waals surface area contributed by atoms with Gasteiger partial charge in [0.2, 0.25) is 5.82 Å². The summed E-state index contributed by atoms with van der Waals surface area (Å²) in [5.74, 6) is 0.654. The Labute approximate surface area is 60.9 Å². The molecule has 0 atom stereocenters. The lowest BCUT2D eigenvalue weighted by Gasteiger charge is -1.80. The van der Waals surface area contributed by atoms with Gasteiger partial charge in [0.1, 0.15) is 0 Å².